The fraction of sp³-hybridized carbons (Fsp3) is 0.316. The van der Waals surface area contributed by atoms with Crippen molar-refractivity contribution in [2.75, 3.05) is 18.9 Å². The minimum atomic E-state index is -0.429. The lowest BCUT2D eigenvalue weighted by atomic mass is 10.1. The molecule has 120 valence electrons. The Bertz CT molecular complexity index is 685. The quantitative estimate of drug-likeness (QED) is 0.923. The molecule has 4 heteroatoms. The van der Waals surface area contributed by atoms with Crippen LogP contribution in [0, 0.1) is 0 Å². The van der Waals surface area contributed by atoms with E-state index in [0.717, 1.165) is 36.5 Å². The first-order chi connectivity index (χ1) is 11.1. The zero-order valence-electron chi connectivity index (χ0n) is 13.6. The van der Waals surface area contributed by atoms with Crippen LogP contribution in [0.1, 0.15) is 18.1 Å². The van der Waals surface area contributed by atoms with Gasteiger partial charge < -0.3 is 15.0 Å². The molecule has 0 aliphatic carbocycles. The van der Waals surface area contributed by atoms with Crippen LogP contribution in [0.15, 0.2) is 48.5 Å². The Morgan fingerprint density at radius 3 is 2.70 bits per heavy atom. The minimum Gasteiger partial charge on any atom is -0.479 e. The maximum Gasteiger partial charge on any atom is 0.265 e. The number of rotatable bonds is 5. The molecule has 1 aliphatic rings. The molecule has 23 heavy (non-hydrogen) atoms. The van der Waals surface area contributed by atoms with E-state index in [2.05, 4.69) is 47.6 Å². The van der Waals surface area contributed by atoms with E-state index in [1.54, 1.807) is 6.92 Å². The second-order valence-corrected chi connectivity index (χ2v) is 6.05. The highest BCUT2D eigenvalue weighted by Crippen LogP contribution is 2.30. The number of benzene rings is 2. The molecule has 1 amide bonds. The van der Waals surface area contributed by atoms with Crippen molar-refractivity contribution in [3.8, 4) is 5.75 Å². The zero-order chi connectivity index (χ0) is 16.2. The molecule has 1 N–H and O–H groups in total. The van der Waals surface area contributed by atoms with Crippen molar-refractivity contribution in [3.05, 3.63) is 59.7 Å². The van der Waals surface area contributed by atoms with E-state index in [1.807, 2.05) is 18.2 Å². The van der Waals surface area contributed by atoms with Crippen molar-refractivity contribution in [1.29, 1.82) is 0 Å². The number of carbonyl (C=O) groups excluding carboxylic acids is 1. The maximum absolute atomic E-state index is 11.7. The highest BCUT2D eigenvalue weighted by molar-refractivity contribution is 5.97. The predicted octanol–water partition coefficient (Wildman–Crippen LogP) is 3.08. The minimum absolute atomic E-state index is 0.0907. The number of fused-ring (bicyclic) bond motifs is 1. The van der Waals surface area contributed by atoms with E-state index in [9.17, 15) is 4.79 Å². The van der Waals surface area contributed by atoms with Crippen LogP contribution in [0.5, 0.6) is 5.75 Å². The molecule has 1 aliphatic heterocycles. The van der Waals surface area contributed by atoms with Crippen molar-refractivity contribution < 1.29 is 9.53 Å². The molecule has 3 rings (SSSR count). The topological polar surface area (TPSA) is 41.6 Å². The number of anilines is 1. The Balaban J connectivity index is 1.60. The molecule has 0 spiro atoms. The highest BCUT2D eigenvalue weighted by Gasteiger charge is 2.23. The summed E-state index contributed by atoms with van der Waals surface area (Å²) in [5.74, 6) is 0.653. The lowest BCUT2D eigenvalue weighted by molar-refractivity contribution is -0.122. The van der Waals surface area contributed by atoms with Crippen LogP contribution in [0.4, 0.5) is 5.69 Å². The van der Waals surface area contributed by atoms with Gasteiger partial charge in [-0.2, -0.15) is 0 Å². The van der Waals surface area contributed by atoms with E-state index in [0.29, 0.717) is 0 Å². The van der Waals surface area contributed by atoms with Gasteiger partial charge in [0.05, 0.1) is 5.69 Å². The Labute approximate surface area is 137 Å². The number of amides is 1. The molecule has 2 aromatic rings. The van der Waals surface area contributed by atoms with Gasteiger partial charge >= 0.3 is 0 Å². The lowest BCUT2D eigenvalue weighted by Crippen LogP contribution is -2.34. The van der Waals surface area contributed by atoms with Gasteiger partial charge in [-0.25, -0.2) is 0 Å². The van der Waals surface area contributed by atoms with Gasteiger partial charge in [-0.3, -0.25) is 4.79 Å². The van der Waals surface area contributed by atoms with Crippen LogP contribution in [-0.2, 0) is 17.8 Å². The van der Waals surface area contributed by atoms with Crippen molar-refractivity contribution in [2.45, 2.75) is 26.0 Å². The summed E-state index contributed by atoms with van der Waals surface area (Å²) in [5, 5.41) is 2.90. The molecular weight excluding hydrogens is 288 g/mol. The van der Waals surface area contributed by atoms with Gasteiger partial charge in [0.15, 0.2) is 6.10 Å². The zero-order valence-corrected chi connectivity index (χ0v) is 13.6. The van der Waals surface area contributed by atoms with E-state index in [-0.39, 0.29) is 5.91 Å². The first kappa shape index (κ1) is 15.6. The third kappa shape index (κ3) is 3.90. The van der Waals surface area contributed by atoms with Gasteiger partial charge in [0.1, 0.15) is 5.75 Å². The van der Waals surface area contributed by atoms with Crippen LogP contribution in [0.25, 0.3) is 0 Å². The Kier molecular flexibility index (Phi) is 4.63. The third-order valence-electron chi connectivity index (χ3n) is 4.05. The highest BCUT2D eigenvalue weighted by atomic mass is 16.5. The second kappa shape index (κ2) is 6.84. The molecule has 0 bridgehead atoms. The van der Waals surface area contributed by atoms with Crippen molar-refractivity contribution in [1.82, 2.24) is 4.90 Å². The summed E-state index contributed by atoms with van der Waals surface area (Å²) < 4.78 is 5.58. The SMILES string of the molecule is CC1Oc2ccc(CN(C)CCc3ccccc3)cc2NC1=O. The molecule has 0 saturated carbocycles. The van der Waals surface area contributed by atoms with Gasteiger partial charge in [0.2, 0.25) is 0 Å². The number of ether oxygens (including phenoxy) is 1. The van der Waals surface area contributed by atoms with Crippen LogP contribution in [-0.4, -0.2) is 30.5 Å². The standard InChI is InChI=1S/C19H22N2O2/c1-14-19(22)20-17-12-16(8-9-18(17)23-14)13-21(2)11-10-15-6-4-3-5-7-15/h3-9,12,14H,10-11,13H2,1-2H3,(H,20,22). The van der Waals surface area contributed by atoms with Crippen LogP contribution in [0.3, 0.4) is 0 Å². The van der Waals surface area contributed by atoms with Crippen LogP contribution in [0.2, 0.25) is 0 Å². The molecular formula is C19H22N2O2. The van der Waals surface area contributed by atoms with E-state index in [1.165, 1.54) is 5.56 Å². The van der Waals surface area contributed by atoms with Gasteiger partial charge in [0.25, 0.3) is 5.91 Å². The van der Waals surface area contributed by atoms with E-state index < -0.39 is 6.10 Å². The molecule has 0 saturated heterocycles. The Morgan fingerprint density at radius 1 is 1.13 bits per heavy atom. The summed E-state index contributed by atoms with van der Waals surface area (Å²) >= 11 is 0. The summed E-state index contributed by atoms with van der Waals surface area (Å²) in [6, 6.07) is 16.5. The normalized spacial score (nSPS) is 16.7. The fourth-order valence-electron chi connectivity index (χ4n) is 2.71. The molecule has 0 aromatic heterocycles. The molecule has 0 fully saturated rings. The largest absolute Gasteiger partial charge is 0.479 e. The smallest absolute Gasteiger partial charge is 0.265 e. The number of hydrogen-bond donors (Lipinski definition) is 1. The molecule has 1 atom stereocenters. The van der Waals surface area contributed by atoms with Crippen molar-refractivity contribution >= 4 is 11.6 Å². The monoisotopic (exact) mass is 310 g/mol. The van der Waals surface area contributed by atoms with Gasteiger partial charge in [0, 0.05) is 13.1 Å². The predicted molar refractivity (Wildman–Crippen MR) is 91.6 cm³/mol. The number of carbonyl (C=O) groups is 1. The Morgan fingerprint density at radius 2 is 1.91 bits per heavy atom. The third-order valence-corrected chi connectivity index (χ3v) is 4.05. The molecule has 1 heterocycles. The number of nitrogens with one attached hydrogen (secondary N) is 1. The maximum atomic E-state index is 11.7. The van der Waals surface area contributed by atoms with Crippen molar-refractivity contribution in [3.63, 3.8) is 0 Å². The summed E-state index contributed by atoms with van der Waals surface area (Å²) in [6.07, 6.45) is 0.599. The average Bonchev–Trinajstić information content (AvgIpc) is 2.55. The van der Waals surface area contributed by atoms with E-state index >= 15 is 0 Å². The molecule has 0 radical (unpaired) electrons. The first-order valence-corrected chi connectivity index (χ1v) is 7.95. The van der Waals surface area contributed by atoms with Crippen LogP contribution >= 0.6 is 0 Å². The first-order valence-electron chi connectivity index (χ1n) is 7.95. The molecule has 1 unspecified atom stereocenters. The number of likely N-dealkylation sites (N-methyl/N-ethyl adjacent to an activating group) is 1. The van der Waals surface area contributed by atoms with Crippen molar-refractivity contribution in [2.24, 2.45) is 0 Å². The van der Waals surface area contributed by atoms with E-state index in [4.69, 9.17) is 4.74 Å². The molecule has 2 aromatic carbocycles. The summed E-state index contributed by atoms with van der Waals surface area (Å²) in [5.41, 5.74) is 3.28. The van der Waals surface area contributed by atoms with Gasteiger partial charge in [-0.15, -0.1) is 0 Å². The summed E-state index contributed by atoms with van der Waals surface area (Å²) in [6.45, 7) is 3.58. The lowest BCUT2D eigenvalue weighted by Gasteiger charge is -2.24. The second-order valence-electron chi connectivity index (χ2n) is 6.05. The summed E-state index contributed by atoms with van der Waals surface area (Å²) in [4.78, 5) is 14.0. The fourth-order valence-corrected chi connectivity index (χ4v) is 2.71. The van der Waals surface area contributed by atoms with Gasteiger partial charge in [-0.1, -0.05) is 36.4 Å². The van der Waals surface area contributed by atoms with Crippen LogP contribution < -0.4 is 10.1 Å². The number of nitrogens with zero attached hydrogens (tertiary/aromatic N) is 1. The summed E-state index contributed by atoms with van der Waals surface area (Å²) in [7, 11) is 2.11. The molecule has 4 nitrogen and oxygen atoms in total. The Hall–Kier alpha value is -2.33. The van der Waals surface area contributed by atoms with Gasteiger partial charge in [-0.05, 0) is 43.7 Å². The number of hydrogen-bond acceptors (Lipinski definition) is 3. The average molecular weight is 310 g/mol.